The third kappa shape index (κ3) is 3.64. The van der Waals surface area contributed by atoms with Gasteiger partial charge in [-0.1, -0.05) is 26.8 Å². The zero-order valence-corrected chi connectivity index (χ0v) is 17.4. The van der Waals surface area contributed by atoms with E-state index in [4.69, 9.17) is 13.9 Å². The molecule has 1 aromatic heterocycles. The standard InChI is InChI=1S/C18H29N2O5Si/c1-9-18(5)14(25-26(7,8)17(2,3)4)13(23-6)15(24-18)20-11-10-12(21)19-16(20)22/h9-11,13-15H,1,5H2,2-4,6-8H3,(H,19,21,22)/t13-,14+,15+,18+/m0/s1. The summed E-state index contributed by atoms with van der Waals surface area (Å²) in [5, 5.41) is -0.0275. The van der Waals surface area contributed by atoms with Gasteiger partial charge in [-0.05, 0) is 25.1 Å². The number of nitrogens with one attached hydrogen (secondary N) is 1. The molecule has 0 aromatic carbocycles. The molecule has 2 heterocycles. The number of aromatic nitrogens is 2. The molecule has 1 fully saturated rings. The number of H-pyrrole nitrogens is 1. The van der Waals surface area contributed by atoms with Gasteiger partial charge in [0.2, 0.25) is 0 Å². The third-order valence-electron chi connectivity index (χ3n) is 5.37. The van der Waals surface area contributed by atoms with E-state index in [0.29, 0.717) is 0 Å². The van der Waals surface area contributed by atoms with Crippen LogP contribution in [0.3, 0.4) is 0 Å². The molecule has 26 heavy (non-hydrogen) atoms. The smallest absolute Gasteiger partial charge is 0.330 e. The van der Waals surface area contributed by atoms with Gasteiger partial charge < -0.3 is 13.9 Å². The quantitative estimate of drug-likeness (QED) is 0.625. The maximum Gasteiger partial charge on any atom is 0.330 e. The highest BCUT2D eigenvalue weighted by Crippen LogP contribution is 2.45. The van der Waals surface area contributed by atoms with Crippen LogP contribution in [0.4, 0.5) is 0 Å². The zero-order chi connectivity index (χ0) is 19.9. The van der Waals surface area contributed by atoms with E-state index in [0.717, 1.165) is 0 Å². The molecule has 7 nitrogen and oxygen atoms in total. The number of nitrogens with zero attached hydrogens (tertiary/aromatic N) is 1. The molecule has 8 heteroatoms. The number of rotatable bonds is 5. The molecule has 0 unspecified atom stereocenters. The summed E-state index contributed by atoms with van der Waals surface area (Å²) < 4.78 is 19.6. The van der Waals surface area contributed by atoms with Gasteiger partial charge in [-0.3, -0.25) is 14.3 Å². The van der Waals surface area contributed by atoms with Crippen molar-refractivity contribution in [1.29, 1.82) is 0 Å². The molecule has 0 aliphatic carbocycles. The average molecular weight is 382 g/mol. The molecule has 0 amide bonds. The molecule has 1 radical (unpaired) electrons. The summed E-state index contributed by atoms with van der Waals surface area (Å²) in [6, 6.07) is 1.26. The molecule has 0 spiro atoms. The van der Waals surface area contributed by atoms with Crippen molar-refractivity contribution in [2.24, 2.45) is 0 Å². The zero-order valence-electron chi connectivity index (χ0n) is 16.4. The lowest BCUT2D eigenvalue weighted by Gasteiger charge is -2.42. The van der Waals surface area contributed by atoms with Gasteiger partial charge in [-0.25, -0.2) is 4.79 Å². The average Bonchev–Trinajstić information content (AvgIpc) is 2.78. The Labute approximate surface area is 155 Å². The van der Waals surface area contributed by atoms with Crippen LogP contribution < -0.4 is 11.2 Å². The van der Waals surface area contributed by atoms with Crippen molar-refractivity contribution in [3.05, 3.63) is 52.7 Å². The van der Waals surface area contributed by atoms with E-state index in [-0.39, 0.29) is 5.04 Å². The lowest BCUT2D eigenvalue weighted by molar-refractivity contribution is -0.0625. The molecular formula is C18H29N2O5Si. The van der Waals surface area contributed by atoms with Crippen molar-refractivity contribution in [2.75, 3.05) is 7.11 Å². The van der Waals surface area contributed by atoms with Crippen LogP contribution in [0.25, 0.3) is 0 Å². The third-order valence-corrected chi connectivity index (χ3v) is 9.83. The fraction of sp³-hybridized carbons (Fsp3) is 0.611. The van der Waals surface area contributed by atoms with Crippen molar-refractivity contribution < 1.29 is 13.9 Å². The van der Waals surface area contributed by atoms with Gasteiger partial charge in [0.1, 0.15) is 17.8 Å². The molecule has 1 aromatic rings. The topological polar surface area (TPSA) is 82.6 Å². The summed E-state index contributed by atoms with van der Waals surface area (Å²) in [6.07, 6.45) is 1.02. The number of methoxy groups -OCH3 is 1. The van der Waals surface area contributed by atoms with Gasteiger partial charge in [-0.15, -0.1) is 6.58 Å². The Morgan fingerprint density at radius 3 is 2.46 bits per heavy atom. The second-order valence-electron chi connectivity index (χ2n) is 8.18. The molecular weight excluding hydrogens is 352 g/mol. The van der Waals surface area contributed by atoms with Crippen LogP contribution >= 0.6 is 0 Å². The Morgan fingerprint density at radius 2 is 2.00 bits per heavy atom. The maximum atomic E-state index is 12.2. The van der Waals surface area contributed by atoms with E-state index in [2.05, 4.69) is 52.4 Å². The van der Waals surface area contributed by atoms with E-state index in [1.165, 1.54) is 23.9 Å². The summed E-state index contributed by atoms with van der Waals surface area (Å²) >= 11 is 0. The first-order valence-electron chi connectivity index (χ1n) is 8.55. The van der Waals surface area contributed by atoms with Crippen LogP contribution in [0, 0.1) is 6.92 Å². The Hall–Kier alpha value is -1.48. The second-order valence-corrected chi connectivity index (χ2v) is 12.9. The van der Waals surface area contributed by atoms with Crippen molar-refractivity contribution in [3.63, 3.8) is 0 Å². The van der Waals surface area contributed by atoms with Crippen LogP contribution in [0.1, 0.15) is 27.0 Å². The lowest BCUT2D eigenvalue weighted by atomic mass is 9.97. The fourth-order valence-electron chi connectivity index (χ4n) is 2.69. The molecule has 2 rings (SSSR count). The predicted molar refractivity (Wildman–Crippen MR) is 103 cm³/mol. The Balaban J connectivity index is 2.49. The van der Waals surface area contributed by atoms with E-state index < -0.39 is 43.6 Å². The fourth-order valence-corrected chi connectivity index (χ4v) is 4.02. The first-order chi connectivity index (χ1) is 11.9. The molecule has 145 valence electrons. The first-order valence-corrected chi connectivity index (χ1v) is 11.5. The van der Waals surface area contributed by atoms with E-state index >= 15 is 0 Å². The van der Waals surface area contributed by atoms with Crippen molar-refractivity contribution in [1.82, 2.24) is 9.55 Å². The van der Waals surface area contributed by atoms with Crippen LogP contribution in [-0.4, -0.2) is 42.8 Å². The second kappa shape index (κ2) is 6.92. The number of aromatic amines is 1. The van der Waals surface area contributed by atoms with Crippen molar-refractivity contribution in [3.8, 4) is 0 Å². The number of hydrogen-bond acceptors (Lipinski definition) is 5. The molecule has 1 aliphatic heterocycles. The summed E-state index contributed by atoms with van der Waals surface area (Å²) in [5.74, 6) is 0. The number of ether oxygens (including phenoxy) is 2. The van der Waals surface area contributed by atoms with Crippen molar-refractivity contribution >= 4 is 8.32 Å². The van der Waals surface area contributed by atoms with Crippen molar-refractivity contribution in [2.45, 2.75) is 62.9 Å². The summed E-state index contributed by atoms with van der Waals surface area (Å²) in [5.41, 5.74) is -2.14. The van der Waals surface area contributed by atoms with Gasteiger partial charge >= 0.3 is 5.69 Å². The van der Waals surface area contributed by atoms with Crippen LogP contribution in [-0.2, 0) is 13.9 Å². The van der Waals surface area contributed by atoms with E-state index in [1.54, 1.807) is 6.08 Å². The molecule has 4 atom stereocenters. The normalized spacial score (nSPS) is 29.7. The number of hydrogen-bond donors (Lipinski definition) is 1. The minimum atomic E-state index is -2.18. The largest absolute Gasteiger partial charge is 0.408 e. The predicted octanol–water partition coefficient (Wildman–Crippen LogP) is 2.23. The summed E-state index contributed by atoms with van der Waals surface area (Å²) in [7, 11) is -0.643. The minimum Gasteiger partial charge on any atom is -0.408 e. The Bertz CT molecular complexity index is 779. The molecule has 1 N–H and O–H groups in total. The molecule has 0 saturated carbocycles. The van der Waals surface area contributed by atoms with Gasteiger partial charge in [0.15, 0.2) is 14.5 Å². The highest BCUT2D eigenvalue weighted by Gasteiger charge is 2.56. The van der Waals surface area contributed by atoms with Crippen LogP contribution in [0.2, 0.25) is 18.1 Å². The van der Waals surface area contributed by atoms with Gasteiger partial charge in [0.05, 0.1) is 0 Å². The molecule has 1 saturated heterocycles. The highest BCUT2D eigenvalue weighted by molar-refractivity contribution is 6.74. The minimum absolute atomic E-state index is 0.0275. The summed E-state index contributed by atoms with van der Waals surface area (Å²) in [6.45, 7) is 18.7. The maximum absolute atomic E-state index is 12.2. The van der Waals surface area contributed by atoms with Crippen LogP contribution in [0.5, 0.6) is 0 Å². The van der Waals surface area contributed by atoms with E-state index in [9.17, 15) is 9.59 Å². The lowest BCUT2D eigenvalue weighted by Crippen LogP contribution is -2.52. The summed E-state index contributed by atoms with van der Waals surface area (Å²) in [4.78, 5) is 25.8. The molecule has 1 aliphatic rings. The SMILES string of the molecule is [CH2][C@]1(C=C)O[C@@H](n2ccc(=O)[nH]c2=O)[C@@H](OC)[C@H]1O[Si](C)(C)C(C)(C)C. The Morgan fingerprint density at radius 1 is 1.38 bits per heavy atom. The molecule has 0 bridgehead atoms. The van der Waals surface area contributed by atoms with Crippen LogP contribution in [0.15, 0.2) is 34.5 Å². The van der Waals surface area contributed by atoms with Gasteiger partial charge in [0.25, 0.3) is 5.56 Å². The first kappa shape index (κ1) is 20.8. The Kier molecular flexibility index (Phi) is 5.54. The monoisotopic (exact) mass is 381 g/mol. The van der Waals surface area contributed by atoms with Gasteiger partial charge in [0, 0.05) is 19.4 Å². The van der Waals surface area contributed by atoms with Gasteiger partial charge in [-0.2, -0.15) is 0 Å². The highest BCUT2D eigenvalue weighted by atomic mass is 28.4. The van der Waals surface area contributed by atoms with E-state index in [1.807, 2.05) is 0 Å².